The van der Waals surface area contributed by atoms with Crippen molar-refractivity contribution in [3.8, 4) is 0 Å². The zero-order valence-electron chi connectivity index (χ0n) is 19.3. The minimum atomic E-state index is -0.241. The maximum atomic E-state index is 13.3. The third kappa shape index (κ3) is 5.46. The summed E-state index contributed by atoms with van der Waals surface area (Å²) < 4.78 is 5.76. The first-order valence-corrected chi connectivity index (χ1v) is 12.0. The van der Waals surface area contributed by atoms with Gasteiger partial charge in [0.05, 0.1) is 6.04 Å². The smallest absolute Gasteiger partial charge is 0.410 e. The first-order chi connectivity index (χ1) is 16.7. The summed E-state index contributed by atoms with van der Waals surface area (Å²) in [6.07, 6.45) is 1.43. The highest BCUT2D eigenvalue weighted by Gasteiger charge is 2.32. The maximum absolute atomic E-state index is 13.3. The SMILES string of the molecule is O=C(OCc1ccccc1)N1C[C@H](Cc2ccccc2)NC[C@H]1Cc1ccc2ccccc2c1. The van der Waals surface area contributed by atoms with Crippen molar-refractivity contribution in [3.05, 3.63) is 120 Å². The van der Waals surface area contributed by atoms with E-state index in [9.17, 15) is 4.79 Å². The first-order valence-electron chi connectivity index (χ1n) is 12.0. The van der Waals surface area contributed by atoms with Crippen LogP contribution in [0.5, 0.6) is 0 Å². The molecule has 4 nitrogen and oxygen atoms in total. The first kappa shape index (κ1) is 22.2. The average molecular weight is 451 g/mol. The molecule has 0 saturated carbocycles. The predicted octanol–water partition coefficient (Wildman–Crippen LogP) is 5.60. The topological polar surface area (TPSA) is 41.6 Å². The molecule has 0 aliphatic carbocycles. The van der Waals surface area contributed by atoms with E-state index < -0.39 is 0 Å². The molecule has 0 spiro atoms. The summed E-state index contributed by atoms with van der Waals surface area (Å²) in [5, 5.41) is 6.14. The van der Waals surface area contributed by atoms with Gasteiger partial charge in [-0.15, -0.1) is 0 Å². The standard InChI is InChI=1S/C30H30N2O2/c33-30(34-22-24-11-5-2-6-12-24)32-21-28(18-23-9-3-1-4-10-23)31-20-29(32)19-25-15-16-26-13-7-8-14-27(26)17-25/h1-17,28-29,31H,18-22H2/t28-,29+/m0/s1. The van der Waals surface area contributed by atoms with E-state index in [0.29, 0.717) is 6.54 Å². The minimum absolute atomic E-state index is 0.0384. The van der Waals surface area contributed by atoms with E-state index in [2.05, 4.69) is 72.0 Å². The minimum Gasteiger partial charge on any atom is -0.445 e. The van der Waals surface area contributed by atoms with Crippen LogP contribution in [0.1, 0.15) is 16.7 Å². The summed E-state index contributed by atoms with van der Waals surface area (Å²) in [5.74, 6) is 0. The number of amides is 1. The fraction of sp³-hybridized carbons (Fsp3) is 0.233. The summed E-state index contributed by atoms with van der Waals surface area (Å²) in [6.45, 7) is 1.65. The Morgan fingerprint density at radius 3 is 2.21 bits per heavy atom. The molecule has 1 heterocycles. The molecule has 1 amide bonds. The number of hydrogen-bond donors (Lipinski definition) is 1. The zero-order valence-corrected chi connectivity index (χ0v) is 19.3. The Kier molecular flexibility index (Phi) is 6.87. The Morgan fingerprint density at radius 2 is 1.44 bits per heavy atom. The lowest BCUT2D eigenvalue weighted by Crippen LogP contribution is -2.59. The Bertz CT molecular complexity index is 1230. The lowest BCUT2D eigenvalue weighted by Gasteiger charge is -2.40. The third-order valence-corrected chi connectivity index (χ3v) is 6.55. The third-order valence-electron chi connectivity index (χ3n) is 6.55. The summed E-state index contributed by atoms with van der Waals surface area (Å²) in [5.41, 5.74) is 3.50. The van der Waals surface area contributed by atoms with Gasteiger partial charge >= 0.3 is 6.09 Å². The van der Waals surface area contributed by atoms with Gasteiger partial charge in [-0.25, -0.2) is 4.79 Å². The highest BCUT2D eigenvalue weighted by Crippen LogP contribution is 2.21. The molecule has 34 heavy (non-hydrogen) atoms. The molecule has 1 aliphatic rings. The number of carbonyl (C=O) groups excluding carboxylic acids is 1. The Labute approximate surface area is 201 Å². The molecule has 1 N–H and O–H groups in total. The van der Waals surface area contributed by atoms with E-state index in [1.165, 1.54) is 21.9 Å². The number of carbonyl (C=O) groups is 1. The van der Waals surface area contributed by atoms with Crippen LogP contribution in [0.25, 0.3) is 10.8 Å². The van der Waals surface area contributed by atoms with Crippen LogP contribution in [-0.2, 0) is 24.2 Å². The van der Waals surface area contributed by atoms with Crippen molar-refractivity contribution in [2.24, 2.45) is 0 Å². The van der Waals surface area contributed by atoms with Gasteiger partial charge in [0.1, 0.15) is 6.61 Å². The van der Waals surface area contributed by atoms with Crippen molar-refractivity contribution in [1.82, 2.24) is 10.2 Å². The molecule has 0 unspecified atom stereocenters. The number of fused-ring (bicyclic) bond motifs is 1. The maximum Gasteiger partial charge on any atom is 0.410 e. The molecule has 4 aromatic carbocycles. The van der Waals surface area contributed by atoms with Crippen molar-refractivity contribution in [1.29, 1.82) is 0 Å². The highest BCUT2D eigenvalue weighted by atomic mass is 16.6. The summed E-state index contributed by atoms with van der Waals surface area (Å²) >= 11 is 0. The molecule has 0 radical (unpaired) electrons. The lowest BCUT2D eigenvalue weighted by atomic mass is 9.97. The van der Waals surface area contributed by atoms with Gasteiger partial charge in [-0.3, -0.25) is 0 Å². The van der Waals surface area contributed by atoms with E-state index in [0.717, 1.165) is 24.9 Å². The van der Waals surface area contributed by atoms with E-state index in [1.54, 1.807) is 0 Å². The van der Waals surface area contributed by atoms with Crippen molar-refractivity contribution in [2.45, 2.75) is 31.5 Å². The van der Waals surface area contributed by atoms with Crippen LogP contribution in [-0.4, -0.2) is 36.2 Å². The fourth-order valence-electron chi connectivity index (χ4n) is 4.75. The van der Waals surface area contributed by atoms with Gasteiger partial charge in [0.15, 0.2) is 0 Å². The van der Waals surface area contributed by atoms with Crippen LogP contribution in [0.15, 0.2) is 103 Å². The van der Waals surface area contributed by atoms with Gasteiger partial charge in [-0.05, 0) is 40.3 Å². The van der Waals surface area contributed by atoms with Crippen LogP contribution >= 0.6 is 0 Å². The normalized spacial score (nSPS) is 18.1. The van der Waals surface area contributed by atoms with Crippen LogP contribution in [0, 0.1) is 0 Å². The van der Waals surface area contributed by atoms with Gasteiger partial charge < -0.3 is 15.0 Å². The molecule has 1 fully saturated rings. The molecule has 172 valence electrons. The summed E-state index contributed by atoms with van der Waals surface area (Å²) in [4.78, 5) is 15.2. The number of ether oxygens (including phenoxy) is 1. The molecule has 0 bridgehead atoms. The van der Waals surface area contributed by atoms with Crippen molar-refractivity contribution in [3.63, 3.8) is 0 Å². The molecule has 0 aromatic heterocycles. The molecular formula is C30H30N2O2. The van der Waals surface area contributed by atoms with Crippen molar-refractivity contribution >= 4 is 16.9 Å². The van der Waals surface area contributed by atoms with Gasteiger partial charge in [0.25, 0.3) is 0 Å². The lowest BCUT2D eigenvalue weighted by molar-refractivity contribution is 0.0629. The second-order valence-corrected chi connectivity index (χ2v) is 9.03. The van der Waals surface area contributed by atoms with Crippen LogP contribution in [0.4, 0.5) is 4.79 Å². The monoisotopic (exact) mass is 450 g/mol. The Hall–Kier alpha value is -3.63. The Morgan fingerprint density at radius 1 is 0.765 bits per heavy atom. The second-order valence-electron chi connectivity index (χ2n) is 9.03. The second kappa shape index (κ2) is 10.5. The van der Waals surface area contributed by atoms with Gasteiger partial charge in [-0.1, -0.05) is 103 Å². The summed E-state index contributed by atoms with van der Waals surface area (Å²) in [6, 6.07) is 35.5. The number of rotatable bonds is 6. The van der Waals surface area contributed by atoms with Gasteiger partial charge in [0, 0.05) is 19.1 Å². The van der Waals surface area contributed by atoms with E-state index in [4.69, 9.17) is 4.74 Å². The number of benzene rings is 4. The van der Waals surface area contributed by atoms with E-state index >= 15 is 0 Å². The molecular weight excluding hydrogens is 420 g/mol. The molecule has 1 saturated heterocycles. The molecule has 4 heteroatoms. The Balaban J connectivity index is 1.32. The van der Waals surface area contributed by atoms with E-state index in [1.807, 2.05) is 41.3 Å². The average Bonchev–Trinajstić information content (AvgIpc) is 2.89. The summed E-state index contributed by atoms with van der Waals surface area (Å²) in [7, 11) is 0. The van der Waals surface area contributed by atoms with Crippen LogP contribution in [0.3, 0.4) is 0 Å². The van der Waals surface area contributed by atoms with Crippen molar-refractivity contribution < 1.29 is 9.53 Å². The van der Waals surface area contributed by atoms with Crippen molar-refractivity contribution in [2.75, 3.05) is 13.1 Å². The number of piperazine rings is 1. The zero-order chi connectivity index (χ0) is 23.2. The number of hydrogen-bond acceptors (Lipinski definition) is 3. The van der Waals surface area contributed by atoms with Crippen LogP contribution in [0.2, 0.25) is 0 Å². The van der Waals surface area contributed by atoms with Crippen LogP contribution < -0.4 is 5.32 Å². The van der Waals surface area contributed by atoms with E-state index in [-0.39, 0.29) is 24.8 Å². The number of nitrogens with zero attached hydrogens (tertiary/aromatic N) is 1. The van der Waals surface area contributed by atoms with Gasteiger partial charge in [0.2, 0.25) is 0 Å². The predicted molar refractivity (Wildman–Crippen MR) is 137 cm³/mol. The molecule has 1 aliphatic heterocycles. The highest BCUT2D eigenvalue weighted by molar-refractivity contribution is 5.83. The molecule has 2 atom stereocenters. The molecule has 5 rings (SSSR count). The quantitative estimate of drug-likeness (QED) is 0.416. The van der Waals surface area contributed by atoms with Gasteiger partial charge in [-0.2, -0.15) is 0 Å². The largest absolute Gasteiger partial charge is 0.445 e. The number of nitrogens with one attached hydrogen (secondary N) is 1. The molecule has 4 aromatic rings. The fourth-order valence-corrected chi connectivity index (χ4v) is 4.75.